The lowest BCUT2D eigenvalue weighted by Crippen LogP contribution is -2.36. The van der Waals surface area contributed by atoms with Crippen LogP contribution in [0.25, 0.3) is 6.08 Å². The molecule has 2 N–H and O–H groups in total. The Labute approximate surface area is 163 Å². The fourth-order valence-corrected chi connectivity index (χ4v) is 4.45. The van der Waals surface area contributed by atoms with Crippen molar-refractivity contribution in [2.75, 3.05) is 5.32 Å². The van der Waals surface area contributed by atoms with E-state index >= 15 is 0 Å². The molecule has 4 nitrogen and oxygen atoms in total. The first kappa shape index (κ1) is 17.9. The average molecular weight is 378 g/mol. The first-order valence-corrected chi connectivity index (χ1v) is 10.2. The standard InChI is InChI=1S/C22H22N2O2S/c25-21(23-17-6-2-1-3-7-17)16-12-10-15(11-13-16)14-20-22(26)24-18-8-4-5-9-19(18)27-20/h4-5,8-14,17H,1-3,6-7H2,(H,23,25)(H,24,26)/b20-14+. The predicted molar refractivity (Wildman–Crippen MR) is 110 cm³/mol. The molecule has 138 valence electrons. The van der Waals surface area contributed by atoms with Gasteiger partial charge in [-0.3, -0.25) is 9.59 Å². The summed E-state index contributed by atoms with van der Waals surface area (Å²) in [7, 11) is 0. The van der Waals surface area contributed by atoms with E-state index in [9.17, 15) is 9.59 Å². The van der Waals surface area contributed by atoms with E-state index < -0.39 is 0 Å². The van der Waals surface area contributed by atoms with Gasteiger partial charge in [0, 0.05) is 16.5 Å². The third kappa shape index (κ3) is 4.25. The maximum atomic E-state index is 12.4. The van der Waals surface area contributed by atoms with Gasteiger partial charge < -0.3 is 10.6 Å². The fraction of sp³-hybridized carbons (Fsp3) is 0.273. The van der Waals surface area contributed by atoms with Gasteiger partial charge in [-0.15, -0.1) is 0 Å². The molecular weight excluding hydrogens is 356 g/mol. The monoisotopic (exact) mass is 378 g/mol. The van der Waals surface area contributed by atoms with Crippen molar-refractivity contribution in [3.63, 3.8) is 0 Å². The quantitative estimate of drug-likeness (QED) is 0.752. The molecule has 27 heavy (non-hydrogen) atoms. The van der Waals surface area contributed by atoms with Gasteiger partial charge in [0.2, 0.25) is 0 Å². The third-order valence-corrected chi connectivity index (χ3v) is 6.09. The number of rotatable bonds is 3. The van der Waals surface area contributed by atoms with Crippen LogP contribution in [-0.4, -0.2) is 17.9 Å². The molecule has 2 amide bonds. The van der Waals surface area contributed by atoms with Gasteiger partial charge in [0.15, 0.2) is 0 Å². The Kier molecular flexibility index (Phi) is 5.30. The topological polar surface area (TPSA) is 58.2 Å². The Morgan fingerprint density at radius 1 is 1.04 bits per heavy atom. The van der Waals surface area contributed by atoms with Crippen molar-refractivity contribution in [1.29, 1.82) is 0 Å². The highest BCUT2D eigenvalue weighted by Gasteiger charge is 2.20. The predicted octanol–water partition coefficient (Wildman–Crippen LogP) is 4.83. The van der Waals surface area contributed by atoms with Crippen molar-refractivity contribution >= 4 is 35.3 Å². The summed E-state index contributed by atoms with van der Waals surface area (Å²) in [6.45, 7) is 0. The maximum absolute atomic E-state index is 12.4. The second kappa shape index (κ2) is 8.01. The first-order chi connectivity index (χ1) is 13.2. The van der Waals surface area contributed by atoms with Crippen molar-refractivity contribution in [1.82, 2.24) is 5.32 Å². The third-order valence-electron chi connectivity index (χ3n) is 4.99. The minimum absolute atomic E-state index is 0.0141. The molecule has 0 bridgehead atoms. The van der Waals surface area contributed by atoms with Crippen LogP contribution in [0.1, 0.15) is 48.0 Å². The molecule has 0 spiro atoms. The SMILES string of the molecule is O=C1Nc2ccccc2S/C1=C/c1ccc(C(=O)NC2CCCCC2)cc1. The molecular formula is C22H22N2O2S. The molecule has 0 aromatic heterocycles. The van der Waals surface area contributed by atoms with Crippen LogP contribution in [0.15, 0.2) is 58.3 Å². The van der Waals surface area contributed by atoms with Crippen molar-refractivity contribution in [3.05, 3.63) is 64.6 Å². The Morgan fingerprint density at radius 3 is 2.56 bits per heavy atom. The second-order valence-corrected chi connectivity index (χ2v) is 8.08. The number of amides is 2. The molecule has 1 saturated carbocycles. The summed E-state index contributed by atoms with van der Waals surface area (Å²) in [6.07, 6.45) is 7.67. The highest BCUT2D eigenvalue weighted by atomic mass is 32.2. The second-order valence-electron chi connectivity index (χ2n) is 6.99. The number of para-hydroxylation sites is 1. The number of hydrogen-bond acceptors (Lipinski definition) is 3. The van der Waals surface area contributed by atoms with Gasteiger partial charge in [0.25, 0.3) is 11.8 Å². The molecule has 2 aromatic rings. The summed E-state index contributed by atoms with van der Waals surface area (Å²) in [4.78, 5) is 26.4. The summed E-state index contributed by atoms with van der Waals surface area (Å²) in [6, 6.07) is 15.5. The molecule has 1 heterocycles. The summed E-state index contributed by atoms with van der Waals surface area (Å²) in [5.41, 5.74) is 2.41. The maximum Gasteiger partial charge on any atom is 0.262 e. The van der Waals surface area contributed by atoms with E-state index in [1.54, 1.807) is 0 Å². The number of carbonyl (C=O) groups excluding carboxylic acids is 2. The van der Waals surface area contributed by atoms with Crippen LogP contribution in [-0.2, 0) is 4.79 Å². The molecule has 2 aliphatic rings. The Balaban J connectivity index is 1.45. The number of carbonyl (C=O) groups is 2. The number of anilines is 1. The Hall–Kier alpha value is -2.53. The van der Waals surface area contributed by atoms with E-state index in [0.29, 0.717) is 16.5 Å². The Morgan fingerprint density at radius 2 is 1.78 bits per heavy atom. The van der Waals surface area contributed by atoms with Crippen LogP contribution < -0.4 is 10.6 Å². The largest absolute Gasteiger partial charge is 0.349 e. The number of benzene rings is 2. The lowest BCUT2D eigenvalue weighted by atomic mass is 9.95. The van der Waals surface area contributed by atoms with E-state index in [1.807, 2.05) is 54.6 Å². The lowest BCUT2D eigenvalue weighted by molar-refractivity contribution is -0.112. The van der Waals surface area contributed by atoms with Crippen molar-refractivity contribution < 1.29 is 9.59 Å². The van der Waals surface area contributed by atoms with Crippen LogP contribution in [0.3, 0.4) is 0 Å². The van der Waals surface area contributed by atoms with Crippen LogP contribution >= 0.6 is 11.8 Å². The highest BCUT2D eigenvalue weighted by Crippen LogP contribution is 2.38. The first-order valence-electron chi connectivity index (χ1n) is 9.40. The Bertz CT molecular complexity index is 883. The zero-order valence-corrected chi connectivity index (χ0v) is 15.9. The van der Waals surface area contributed by atoms with Crippen LogP contribution in [0.4, 0.5) is 5.69 Å². The minimum Gasteiger partial charge on any atom is -0.349 e. The normalized spacial score (nSPS) is 18.7. The molecule has 1 aliphatic heterocycles. The molecule has 0 atom stereocenters. The van der Waals surface area contributed by atoms with Crippen LogP contribution in [0.5, 0.6) is 0 Å². The zero-order valence-electron chi connectivity index (χ0n) is 15.0. The molecule has 2 aromatic carbocycles. The van der Waals surface area contributed by atoms with Gasteiger partial charge in [-0.2, -0.15) is 0 Å². The van der Waals surface area contributed by atoms with Crippen LogP contribution in [0, 0.1) is 0 Å². The van der Waals surface area contributed by atoms with Crippen molar-refractivity contribution in [2.45, 2.75) is 43.0 Å². The van der Waals surface area contributed by atoms with Gasteiger partial charge in [-0.05, 0) is 48.7 Å². The molecule has 1 fully saturated rings. The van der Waals surface area contributed by atoms with E-state index in [-0.39, 0.29) is 11.8 Å². The summed E-state index contributed by atoms with van der Waals surface area (Å²) >= 11 is 1.46. The molecule has 0 radical (unpaired) electrons. The summed E-state index contributed by atoms with van der Waals surface area (Å²) < 4.78 is 0. The number of nitrogens with one attached hydrogen (secondary N) is 2. The molecule has 5 heteroatoms. The molecule has 1 aliphatic carbocycles. The smallest absolute Gasteiger partial charge is 0.262 e. The molecule has 0 saturated heterocycles. The van der Waals surface area contributed by atoms with E-state index in [4.69, 9.17) is 0 Å². The minimum atomic E-state index is -0.0992. The van der Waals surface area contributed by atoms with E-state index in [0.717, 1.165) is 29.0 Å². The van der Waals surface area contributed by atoms with Gasteiger partial charge in [0.05, 0.1) is 10.6 Å². The summed E-state index contributed by atoms with van der Waals surface area (Å²) in [5.74, 6) is -0.113. The van der Waals surface area contributed by atoms with Gasteiger partial charge in [0.1, 0.15) is 0 Å². The zero-order chi connectivity index (χ0) is 18.6. The number of fused-ring (bicyclic) bond motifs is 1. The van der Waals surface area contributed by atoms with Crippen LogP contribution in [0.2, 0.25) is 0 Å². The fourth-order valence-electron chi connectivity index (χ4n) is 3.50. The highest BCUT2D eigenvalue weighted by molar-refractivity contribution is 8.04. The van der Waals surface area contributed by atoms with Crippen molar-refractivity contribution in [2.24, 2.45) is 0 Å². The summed E-state index contributed by atoms with van der Waals surface area (Å²) in [5, 5.41) is 6.04. The van der Waals surface area contributed by atoms with E-state index in [2.05, 4.69) is 10.6 Å². The van der Waals surface area contributed by atoms with Gasteiger partial charge >= 0.3 is 0 Å². The number of thioether (sulfide) groups is 1. The number of hydrogen-bond donors (Lipinski definition) is 2. The van der Waals surface area contributed by atoms with Gasteiger partial charge in [-0.25, -0.2) is 0 Å². The van der Waals surface area contributed by atoms with Crippen molar-refractivity contribution in [3.8, 4) is 0 Å². The molecule has 0 unspecified atom stereocenters. The lowest BCUT2D eigenvalue weighted by Gasteiger charge is -2.22. The average Bonchev–Trinajstić information content (AvgIpc) is 2.70. The molecule has 4 rings (SSSR count). The van der Waals surface area contributed by atoms with Gasteiger partial charge in [-0.1, -0.05) is 55.3 Å². The van der Waals surface area contributed by atoms with E-state index in [1.165, 1.54) is 31.0 Å².